The normalized spacial score (nSPS) is 11.3. The van der Waals surface area contributed by atoms with Gasteiger partial charge in [-0.15, -0.1) is 0 Å². The van der Waals surface area contributed by atoms with Gasteiger partial charge in [0, 0.05) is 0 Å². The molecule has 114 valence electrons. The lowest BCUT2D eigenvalue weighted by atomic mass is 10.0. The molecule has 3 rings (SSSR count). The molecule has 1 aromatic heterocycles. The minimum Gasteiger partial charge on any atom is -0.485 e. The first-order valence-corrected chi connectivity index (χ1v) is 7.85. The first kappa shape index (κ1) is 15.2. The maximum absolute atomic E-state index is 6.01. The van der Waals surface area contributed by atoms with Crippen molar-refractivity contribution in [1.29, 1.82) is 0 Å². The van der Waals surface area contributed by atoms with E-state index in [9.17, 15) is 0 Å². The number of hydrogen-bond acceptors (Lipinski definition) is 2. The van der Waals surface area contributed by atoms with Crippen molar-refractivity contribution in [2.45, 2.75) is 26.4 Å². The number of benzene rings is 2. The molecular formula is C17H16Cl2N2O. The van der Waals surface area contributed by atoms with Gasteiger partial charge in [0.25, 0.3) is 0 Å². The molecular weight excluding hydrogens is 319 g/mol. The fourth-order valence-corrected chi connectivity index (χ4v) is 2.68. The molecule has 0 unspecified atom stereocenters. The van der Waals surface area contributed by atoms with Crippen molar-refractivity contribution in [1.82, 2.24) is 9.97 Å². The number of imidazole rings is 1. The summed E-state index contributed by atoms with van der Waals surface area (Å²) in [6, 6.07) is 11.6. The van der Waals surface area contributed by atoms with Crippen LogP contribution in [0.3, 0.4) is 0 Å². The average Bonchev–Trinajstić information content (AvgIpc) is 2.87. The molecule has 0 saturated carbocycles. The lowest BCUT2D eigenvalue weighted by Crippen LogP contribution is -2.01. The van der Waals surface area contributed by atoms with Crippen LogP contribution < -0.4 is 4.74 Å². The molecule has 3 aromatic rings. The zero-order valence-corrected chi connectivity index (χ0v) is 13.9. The highest BCUT2D eigenvalue weighted by molar-refractivity contribution is 6.42. The Morgan fingerprint density at radius 3 is 2.64 bits per heavy atom. The van der Waals surface area contributed by atoms with Crippen molar-refractivity contribution in [2.75, 3.05) is 0 Å². The van der Waals surface area contributed by atoms with Gasteiger partial charge in [0.2, 0.25) is 0 Å². The van der Waals surface area contributed by atoms with Crippen LogP contribution in [-0.2, 0) is 6.61 Å². The SMILES string of the molecule is CC(C)c1ccccc1OCc1nc2cc(Cl)c(Cl)cc2[nH]1. The van der Waals surface area contributed by atoms with Crippen LogP contribution in [-0.4, -0.2) is 9.97 Å². The second-order valence-electron chi connectivity index (χ2n) is 5.45. The number of para-hydroxylation sites is 1. The van der Waals surface area contributed by atoms with Crippen LogP contribution in [0.4, 0.5) is 0 Å². The second kappa shape index (κ2) is 6.19. The number of hydrogen-bond donors (Lipinski definition) is 1. The van der Waals surface area contributed by atoms with Crippen LogP contribution in [0.2, 0.25) is 10.0 Å². The predicted octanol–water partition coefficient (Wildman–Crippen LogP) is 5.57. The Bertz CT molecular complexity index is 773. The highest BCUT2D eigenvalue weighted by Crippen LogP contribution is 2.28. The number of halogens is 2. The van der Waals surface area contributed by atoms with Crippen LogP contribution in [0, 0.1) is 0 Å². The number of nitrogens with zero attached hydrogens (tertiary/aromatic N) is 1. The molecule has 0 radical (unpaired) electrons. The van der Waals surface area contributed by atoms with Crippen molar-refractivity contribution in [3.63, 3.8) is 0 Å². The van der Waals surface area contributed by atoms with Gasteiger partial charge >= 0.3 is 0 Å². The molecule has 2 aromatic carbocycles. The molecule has 0 aliphatic rings. The lowest BCUT2D eigenvalue weighted by molar-refractivity contribution is 0.293. The number of rotatable bonds is 4. The standard InChI is InChI=1S/C17H16Cl2N2O/c1-10(2)11-5-3-4-6-16(11)22-9-17-20-14-7-12(18)13(19)8-15(14)21-17/h3-8,10H,9H2,1-2H3,(H,20,21). The molecule has 5 heteroatoms. The summed E-state index contributed by atoms with van der Waals surface area (Å²) in [5, 5.41) is 1.01. The van der Waals surface area contributed by atoms with Crippen molar-refractivity contribution >= 4 is 34.2 Å². The van der Waals surface area contributed by atoms with E-state index in [-0.39, 0.29) is 0 Å². The zero-order chi connectivity index (χ0) is 15.7. The van der Waals surface area contributed by atoms with Crippen LogP contribution in [0.15, 0.2) is 36.4 Å². The van der Waals surface area contributed by atoms with Crippen molar-refractivity contribution < 1.29 is 4.74 Å². The summed E-state index contributed by atoms with van der Waals surface area (Å²) < 4.78 is 5.91. The zero-order valence-electron chi connectivity index (χ0n) is 12.4. The van der Waals surface area contributed by atoms with Crippen molar-refractivity contribution in [3.05, 3.63) is 57.8 Å². The first-order chi connectivity index (χ1) is 10.5. The summed E-state index contributed by atoms with van der Waals surface area (Å²) in [5.74, 6) is 2.03. The summed E-state index contributed by atoms with van der Waals surface area (Å²) in [6.07, 6.45) is 0. The molecule has 0 fully saturated rings. The average molecular weight is 335 g/mol. The molecule has 0 aliphatic carbocycles. The lowest BCUT2D eigenvalue weighted by Gasteiger charge is -2.12. The van der Waals surface area contributed by atoms with Gasteiger partial charge in [-0.1, -0.05) is 55.2 Å². The van der Waals surface area contributed by atoms with E-state index in [0.29, 0.717) is 22.6 Å². The maximum Gasteiger partial charge on any atom is 0.146 e. The third-order valence-electron chi connectivity index (χ3n) is 3.48. The number of aromatic nitrogens is 2. The van der Waals surface area contributed by atoms with E-state index in [4.69, 9.17) is 27.9 Å². The van der Waals surface area contributed by atoms with Crippen LogP contribution in [0.1, 0.15) is 31.2 Å². The summed E-state index contributed by atoms with van der Waals surface area (Å²) in [5.41, 5.74) is 2.82. The van der Waals surface area contributed by atoms with E-state index in [1.807, 2.05) is 18.2 Å². The van der Waals surface area contributed by atoms with E-state index in [1.54, 1.807) is 12.1 Å². The Labute approximate surface area is 139 Å². The number of nitrogens with one attached hydrogen (secondary N) is 1. The molecule has 0 amide bonds. The Kier molecular flexibility index (Phi) is 4.27. The highest BCUT2D eigenvalue weighted by Gasteiger charge is 2.10. The fourth-order valence-electron chi connectivity index (χ4n) is 2.36. The van der Waals surface area contributed by atoms with E-state index in [2.05, 4.69) is 29.9 Å². The first-order valence-electron chi connectivity index (χ1n) is 7.10. The molecule has 0 aliphatic heterocycles. The van der Waals surface area contributed by atoms with Gasteiger partial charge in [-0.3, -0.25) is 0 Å². The Morgan fingerprint density at radius 2 is 1.86 bits per heavy atom. The number of ether oxygens (including phenoxy) is 1. The summed E-state index contributed by atoms with van der Waals surface area (Å²) in [4.78, 5) is 7.68. The fraction of sp³-hybridized carbons (Fsp3) is 0.235. The Morgan fingerprint density at radius 1 is 1.14 bits per heavy atom. The molecule has 3 nitrogen and oxygen atoms in total. The van der Waals surface area contributed by atoms with Crippen LogP contribution >= 0.6 is 23.2 Å². The minimum atomic E-state index is 0.369. The van der Waals surface area contributed by atoms with Gasteiger partial charge < -0.3 is 9.72 Å². The molecule has 1 N–H and O–H groups in total. The van der Waals surface area contributed by atoms with Gasteiger partial charge in [0.1, 0.15) is 18.2 Å². The van der Waals surface area contributed by atoms with E-state index in [0.717, 1.165) is 22.6 Å². The molecule has 0 atom stereocenters. The molecule has 0 bridgehead atoms. The Hall–Kier alpha value is -1.71. The third-order valence-corrected chi connectivity index (χ3v) is 4.20. The smallest absolute Gasteiger partial charge is 0.146 e. The quantitative estimate of drug-likeness (QED) is 0.676. The van der Waals surface area contributed by atoms with Crippen molar-refractivity contribution in [3.8, 4) is 5.75 Å². The van der Waals surface area contributed by atoms with Gasteiger partial charge in [-0.25, -0.2) is 4.98 Å². The highest BCUT2D eigenvalue weighted by atomic mass is 35.5. The van der Waals surface area contributed by atoms with Gasteiger partial charge in [0.15, 0.2) is 0 Å². The molecule has 22 heavy (non-hydrogen) atoms. The van der Waals surface area contributed by atoms with Crippen LogP contribution in [0.25, 0.3) is 11.0 Å². The summed E-state index contributed by atoms with van der Waals surface area (Å²) in [6.45, 7) is 4.66. The topological polar surface area (TPSA) is 37.9 Å². The predicted molar refractivity (Wildman–Crippen MR) is 91.0 cm³/mol. The maximum atomic E-state index is 6.01. The number of H-pyrrole nitrogens is 1. The largest absolute Gasteiger partial charge is 0.485 e. The van der Waals surface area contributed by atoms with Crippen LogP contribution in [0.5, 0.6) is 5.75 Å². The van der Waals surface area contributed by atoms with E-state index >= 15 is 0 Å². The summed E-state index contributed by atoms with van der Waals surface area (Å²) >= 11 is 12.0. The number of aromatic amines is 1. The Balaban J connectivity index is 1.82. The monoisotopic (exact) mass is 334 g/mol. The number of fused-ring (bicyclic) bond motifs is 1. The van der Waals surface area contributed by atoms with E-state index < -0.39 is 0 Å². The molecule has 0 saturated heterocycles. The minimum absolute atomic E-state index is 0.369. The summed E-state index contributed by atoms with van der Waals surface area (Å²) in [7, 11) is 0. The van der Waals surface area contributed by atoms with Gasteiger partial charge in [-0.05, 0) is 29.7 Å². The molecule has 1 heterocycles. The third kappa shape index (κ3) is 3.06. The van der Waals surface area contributed by atoms with Gasteiger partial charge in [0.05, 0.1) is 21.1 Å². The second-order valence-corrected chi connectivity index (χ2v) is 6.26. The van der Waals surface area contributed by atoms with Gasteiger partial charge in [-0.2, -0.15) is 0 Å². The van der Waals surface area contributed by atoms with E-state index in [1.165, 1.54) is 5.56 Å². The molecule has 0 spiro atoms. The van der Waals surface area contributed by atoms with Crippen molar-refractivity contribution in [2.24, 2.45) is 0 Å².